The molecule has 0 saturated carbocycles. The fraction of sp³-hybridized carbons (Fsp3) is 0.500. The lowest BCUT2D eigenvalue weighted by molar-refractivity contribution is -0.132. The number of hydrogen-bond acceptors (Lipinski definition) is 4. The third-order valence-electron chi connectivity index (χ3n) is 2.84. The van der Waals surface area contributed by atoms with Crippen LogP contribution in [0, 0.1) is 0 Å². The van der Waals surface area contributed by atoms with Crippen LogP contribution in [0.2, 0.25) is 0 Å². The highest BCUT2D eigenvalue weighted by molar-refractivity contribution is 14.0. The summed E-state index contributed by atoms with van der Waals surface area (Å²) in [6.07, 6.45) is -4.05. The molecule has 0 unspecified atom stereocenters. The van der Waals surface area contributed by atoms with Gasteiger partial charge in [-0.1, -0.05) is 0 Å². The number of rotatable bonds is 7. The van der Waals surface area contributed by atoms with Crippen molar-refractivity contribution in [3.05, 3.63) is 24.3 Å². The minimum Gasteiger partial charge on any atom is -0.492 e. The molecule has 0 aliphatic rings. The van der Waals surface area contributed by atoms with Crippen LogP contribution in [0.15, 0.2) is 34.2 Å². The van der Waals surface area contributed by atoms with Crippen molar-refractivity contribution in [3.8, 4) is 5.75 Å². The molecule has 0 radical (unpaired) electrons. The third-order valence-corrected chi connectivity index (χ3v) is 3.97. The maximum Gasteiger partial charge on any atom is 0.390 e. The SMILES string of the molecule is CN=C(NCCOc1ccc(S(C)(=O)=O)cc1)NCCC(F)(F)F.I. The summed E-state index contributed by atoms with van der Waals surface area (Å²) in [4.78, 5) is 3.99. The molecule has 0 aliphatic heterocycles. The van der Waals surface area contributed by atoms with Crippen LogP contribution in [0.5, 0.6) is 5.75 Å². The topological polar surface area (TPSA) is 79.8 Å². The molecule has 0 saturated heterocycles. The number of nitrogens with one attached hydrogen (secondary N) is 2. The lowest BCUT2D eigenvalue weighted by Gasteiger charge is -2.13. The van der Waals surface area contributed by atoms with Crippen molar-refractivity contribution in [1.82, 2.24) is 10.6 Å². The Labute approximate surface area is 162 Å². The molecule has 144 valence electrons. The van der Waals surface area contributed by atoms with Gasteiger partial charge in [0.1, 0.15) is 12.4 Å². The van der Waals surface area contributed by atoms with Gasteiger partial charge in [-0.05, 0) is 24.3 Å². The zero-order chi connectivity index (χ0) is 18.2. The van der Waals surface area contributed by atoms with Gasteiger partial charge >= 0.3 is 6.18 Å². The molecular weight excluding hydrogens is 474 g/mol. The number of halogens is 4. The van der Waals surface area contributed by atoms with E-state index >= 15 is 0 Å². The van der Waals surface area contributed by atoms with Crippen LogP contribution < -0.4 is 15.4 Å². The third kappa shape index (κ3) is 10.4. The summed E-state index contributed by atoms with van der Waals surface area (Å²) in [7, 11) is -1.80. The first kappa shape index (κ1) is 23.8. The maximum absolute atomic E-state index is 12.0. The molecule has 0 aliphatic carbocycles. The van der Waals surface area contributed by atoms with Crippen molar-refractivity contribution >= 4 is 39.8 Å². The molecule has 1 aromatic carbocycles. The fourth-order valence-electron chi connectivity index (χ4n) is 1.66. The first-order valence-corrected chi connectivity index (χ1v) is 8.95. The summed E-state index contributed by atoms with van der Waals surface area (Å²) in [5.74, 6) is 0.736. The highest BCUT2D eigenvalue weighted by Gasteiger charge is 2.26. The van der Waals surface area contributed by atoms with Gasteiger partial charge in [-0.3, -0.25) is 4.99 Å². The minimum absolute atomic E-state index is 0. The highest BCUT2D eigenvalue weighted by atomic mass is 127. The second kappa shape index (κ2) is 10.7. The monoisotopic (exact) mass is 495 g/mol. The van der Waals surface area contributed by atoms with Gasteiger partial charge in [0.2, 0.25) is 0 Å². The molecule has 25 heavy (non-hydrogen) atoms. The van der Waals surface area contributed by atoms with Gasteiger partial charge in [-0.2, -0.15) is 13.2 Å². The molecule has 2 N–H and O–H groups in total. The zero-order valence-corrected chi connectivity index (χ0v) is 16.9. The molecule has 11 heteroatoms. The van der Waals surface area contributed by atoms with Crippen molar-refractivity contribution in [1.29, 1.82) is 0 Å². The molecule has 0 heterocycles. The van der Waals surface area contributed by atoms with Crippen LogP contribution in [-0.2, 0) is 9.84 Å². The van der Waals surface area contributed by atoms with E-state index in [1.165, 1.54) is 31.3 Å². The lowest BCUT2D eigenvalue weighted by atomic mass is 10.3. The first-order chi connectivity index (χ1) is 11.1. The van der Waals surface area contributed by atoms with Crippen LogP contribution in [-0.4, -0.2) is 53.6 Å². The maximum atomic E-state index is 12.0. The second-order valence-corrected chi connectivity index (χ2v) is 6.90. The van der Waals surface area contributed by atoms with Gasteiger partial charge in [0, 0.05) is 19.8 Å². The summed E-state index contributed by atoms with van der Waals surface area (Å²) in [6, 6.07) is 5.95. The standard InChI is InChI=1S/C14H20F3N3O3S.HI/c1-18-13(19-8-7-14(15,16)17)20-9-10-23-11-3-5-12(6-4-11)24(2,21)22;/h3-6H,7-10H2,1-2H3,(H2,18,19,20);1H. The van der Waals surface area contributed by atoms with Crippen molar-refractivity contribution in [2.75, 3.05) is 33.0 Å². The van der Waals surface area contributed by atoms with Gasteiger partial charge in [0.05, 0.1) is 17.9 Å². The molecule has 0 spiro atoms. The van der Waals surface area contributed by atoms with Gasteiger partial charge in [0.25, 0.3) is 0 Å². The van der Waals surface area contributed by atoms with E-state index in [2.05, 4.69) is 15.6 Å². The van der Waals surface area contributed by atoms with E-state index in [-0.39, 0.29) is 48.0 Å². The molecule has 0 bridgehead atoms. The van der Waals surface area contributed by atoms with Crippen LogP contribution in [0.3, 0.4) is 0 Å². The Hall–Kier alpha value is -1.24. The minimum atomic E-state index is -4.22. The van der Waals surface area contributed by atoms with Crippen molar-refractivity contribution < 1.29 is 26.3 Å². The van der Waals surface area contributed by atoms with Gasteiger partial charge in [-0.15, -0.1) is 24.0 Å². The van der Waals surface area contributed by atoms with Crippen molar-refractivity contribution in [3.63, 3.8) is 0 Å². The van der Waals surface area contributed by atoms with Crippen LogP contribution >= 0.6 is 24.0 Å². The molecule has 0 amide bonds. The molecule has 6 nitrogen and oxygen atoms in total. The number of sulfone groups is 1. The summed E-state index contributed by atoms with van der Waals surface area (Å²) >= 11 is 0. The molecule has 0 atom stereocenters. The van der Waals surface area contributed by atoms with Crippen molar-refractivity contribution in [2.24, 2.45) is 4.99 Å². The number of nitrogens with zero attached hydrogens (tertiary/aromatic N) is 1. The smallest absolute Gasteiger partial charge is 0.390 e. The summed E-state index contributed by atoms with van der Waals surface area (Å²) in [6.45, 7) is 0.286. The zero-order valence-electron chi connectivity index (χ0n) is 13.8. The molecule has 1 rings (SSSR count). The number of guanidine groups is 1. The average molecular weight is 495 g/mol. The molecular formula is C14H21F3IN3O3S. The van der Waals surface area contributed by atoms with Gasteiger partial charge in [0.15, 0.2) is 15.8 Å². The van der Waals surface area contributed by atoms with Gasteiger partial charge < -0.3 is 15.4 Å². The first-order valence-electron chi connectivity index (χ1n) is 7.06. The highest BCUT2D eigenvalue weighted by Crippen LogP contribution is 2.18. The Kier molecular flexibility index (Phi) is 10.2. The second-order valence-electron chi connectivity index (χ2n) is 4.88. The Balaban J connectivity index is 0.00000576. The Morgan fingerprint density at radius 3 is 2.20 bits per heavy atom. The normalized spacial score (nSPS) is 12.3. The number of aliphatic imine (C=N–C) groups is 1. The largest absolute Gasteiger partial charge is 0.492 e. The lowest BCUT2D eigenvalue weighted by Crippen LogP contribution is -2.40. The molecule has 1 aromatic rings. The number of benzene rings is 1. The van der Waals surface area contributed by atoms with E-state index in [9.17, 15) is 21.6 Å². The van der Waals surface area contributed by atoms with E-state index in [0.29, 0.717) is 12.3 Å². The number of ether oxygens (including phenoxy) is 1. The molecule has 0 fully saturated rings. The fourth-order valence-corrected chi connectivity index (χ4v) is 2.30. The Bertz CT molecular complexity index is 650. The summed E-state index contributed by atoms with van der Waals surface area (Å²) < 4.78 is 64.2. The van der Waals surface area contributed by atoms with Gasteiger partial charge in [-0.25, -0.2) is 8.42 Å². The molecule has 0 aromatic heterocycles. The van der Waals surface area contributed by atoms with Crippen LogP contribution in [0.1, 0.15) is 6.42 Å². The predicted octanol–water partition coefficient (Wildman–Crippen LogP) is 2.20. The average Bonchev–Trinajstić information content (AvgIpc) is 2.48. The summed E-state index contributed by atoms with van der Waals surface area (Å²) in [5, 5.41) is 5.36. The van der Waals surface area contributed by atoms with Crippen LogP contribution in [0.4, 0.5) is 13.2 Å². The van der Waals surface area contributed by atoms with Crippen LogP contribution in [0.25, 0.3) is 0 Å². The van der Waals surface area contributed by atoms with E-state index in [1.807, 2.05) is 0 Å². The Morgan fingerprint density at radius 1 is 1.16 bits per heavy atom. The van der Waals surface area contributed by atoms with E-state index in [0.717, 1.165) is 6.26 Å². The summed E-state index contributed by atoms with van der Waals surface area (Å²) in [5.41, 5.74) is 0. The Morgan fingerprint density at radius 2 is 1.72 bits per heavy atom. The van der Waals surface area contributed by atoms with Crippen molar-refractivity contribution in [2.45, 2.75) is 17.5 Å². The predicted molar refractivity (Wildman–Crippen MR) is 100 cm³/mol. The number of hydrogen-bond donors (Lipinski definition) is 2. The van der Waals surface area contributed by atoms with E-state index < -0.39 is 22.4 Å². The van der Waals surface area contributed by atoms with E-state index in [4.69, 9.17) is 4.74 Å². The number of alkyl halides is 3. The van der Waals surface area contributed by atoms with E-state index in [1.54, 1.807) is 0 Å². The quantitative estimate of drug-likeness (QED) is 0.263.